The second kappa shape index (κ2) is 18.6. The van der Waals surface area contributed by atoms with Crippen LogP contribution in [-0.4, -0.2) is 23.0 Å². The Morgan fingerprint density at radius 2 is 0.759 bits per heavy atom. The van der Waals surface area contributed by atoms with Gasteiger partial charge in [0, 0.05) is 0 Å². The van der Waals surface area contributed by atoms with Crippen molar-refractivity contribution in [1.29, 1.82) is 0 Å². The fraction of sp³-hybridized carbons (Fsp3) is 1.00. The lowest BCUT2D eigenvalue weighted by Gasteiger charge is -2.24. The summed E-state index contributed by atoms with van der Waals surface area (Å²) in [6.07, 6.45) is 22.3. The third-order valence-corrected chi connectivity index (χ3v) is 7.44. The summed E-state index contributed by atoms with van der Waals surface area (Å²) in [5.41, 5.74) is 0. The molecule has 0 rings (SSSR count). The minimum Gasteiger partial charge on any atom is -0.372 e. The summed E-state index contributed by atoms with van der Waals surface area (Å²) in [5, 5.41) is 10.5. The average Bonchev–Trinajstić information content (AvgIpc) is 2.67. The highest BCUT2D eigenvalue weighted by molar-refractivity contribution is 7.87. The summed E-state index contributed by atoms with van der Waals surface area (Å²) < 4.78 is 32.8. The Morgan fingerprint density at radius 3 is 1.00 bits per heavy atom. The monoisotopic (exact) mass is 434 g/mol. The second-order valence-electron chi connectivity index (χ2n) is 8.93. The van der Waals surface area contributed by atoms with Crippen LogP contribution in [-0.2, 0) is 10.1 Å². The summed E-state index contributed by atoms with van der Waals surface area (Å²) in [6, 6.07) is 0. The molecule has 0 amide bonds. The van der Waals surface area contributed by atoms with E-state index in [1.807, 2.05) is 0 Å². The Morgan fingerprint density at radius 1 is 0.517 bits per heavy atom. The van der Waals surface area contributed by atoms with Crippen molar-refractivity contribution in [3.05, 3.63) is 0 Å². The molecule has 5 heteroatoms. The maximum atomic E-state index is 11.7. The van der Waals surface area contributed by atoms with Crippen LogP contribution in [0.25, 0.3) is 0 Å². The minimum absolute atomic E-state index is 0.149. The van der Waals surface area contributed by atoms with Crippen molar-refractivity contribution in [2.75, 3.05) is 0 Å². The molecule has 1 unspecified atom stereocenters. The predicted octanol–water partition coefficient (Wildman–Crippen LogP) is 7.79. The predicted molar refractivity (Wildman–Crippen MR) is 125 cm³/mol. The van der Waals surface area contributed by atoms with E-state index in [2.05, 4.69) is 13.8 Å². The van der Waals surface area contributed by atoms with E-state index in [0.29, 0.717) is 12.8 Å². The second-order valence-corrected chi connectivity index (χ2v) is 10.6. The van der Waals surface area contributed by atoms with Crippen molar-refractivity contribution in [2.45, 2.75) is 154 Å². The normalized spacial score (nSPS) is 14.2. The lowest BCUT2D eigenvalue weighted by Crippen LogP contribution is -2.38. The molecule has 4 nitrogen and oxygen atoms in total. The molecule has 1 atom stereocenters. The Labute approximate surface area is 182 Å². The van der Waals surface area contributed by atoms with Gasteiger partial charge in [0.05, 0.1) is 0 Å². The molecule has 0 spiro atoms. The molecule has 0 aromatic carbocycles. The quantitative estimate of drug-likeness (QED) is 0.135. The van der Waals surface area contributed by atoms with Gasteiger partial charge in [-0.3, -0.25) is 4.55 Å². The molecule has 0 aromatic rings. The van der Waals surface area contributed by atoms with Crippen LogP contribution >= 0.6 is 0 Å². The molecule has 0 aliphatic carbocycles. The zero-order valence-corrected chi connectivity index (χ0v) is 20.3. The first-order valence-corrected chi connectivity index (χ1v) is 14.0. The number of hydrogen-bond donors (Lipinski definition) is 2. The van der Waals surface area contributed by atoms with Gasteiger partial charge in [-0.2, -0.15) is 8.42 Å². The average molecular weight is 435 g/mol. The van der Waals surface area contributed by atoms with Crippen LogP contribution in [0.1, 0.15) is 149 Å². The lowest BCUT2D eigenvalue weighted by molar-refractivity contribution is 0.0884. The van der Waals surface area contributed by atoms with Crippen molar-refractivity contribution in [3.8, 4) is 0 Å². The van der Waals surface area contributed by atoms with E-state index in [1.54, 1.807) is 0 Å². The zero-order valence-electron chi connectivity index (χ0n) is 19.5. The van der Waals surface area contributed by atoms with Crippen LogP contribution in [0, 0.1) is 0 Å². The van der Waals surface area contributed by atoms with Gasteiger partial charge in [0.25, 0.3) is 10.1 Å². The maximum absolute atomic E-state index is 11.7. The number of unbranched alkanes of at least 4 members (excludes halogenated alkanes) is 17. The molecule has 0 heterocycles. The van der Waals surface area contributed by atoms with Crippen LogP contribution in [0.4, 0.5) is 0 Å². The Bertz CT molecular complexity index is 450. The Hall–Kier alpha value is -0.130. The zero-order chi connectivity index (χ0) is 21.8. The summed E-state index contributed by atoms with van der Waals surface area (Å²) in [5.74, 6) is 0. The van der Waals surface area contributed by atoms with Gasteiger partial charge in [0.1, 0.15) is 0 Å². The first-order chi connectivity index (χ1) is 13.9. The lowest BCUT2D eigenvalue weighted by atomic mass is 10.0. The van der Waals surface area contributed by atoms with E-state index in [-0.39, 0.29) is 12.8 Å². The molecule has 0 saturated heterocycles. The highest BCUT2D eigenvalue weighted by Gasteiger charge is 2.39. The van der Waals surface area contributed by atoms with Crippen molar-refractivity contribution in [2.24, 2.45) is 0 Å². The van der Waals surface area contributed by atoms with Crippen LogP contribution in [0.2, 0.25) is 0 Å². The van der Waals surface area contributed by atoms with E-state index in [0.717, 1.165) is 32.1 Å². The minimum atomic E-state index is -4.42. The van der Waals surface area contributed by atoms with Crippen LogP contribution in [0.5, 0.6) is 0 Å². The highest BCUT2D eigenvalue weighted by atomic mass is 32.2. The maximum Gasteiger partial charge on any atom is 0.294 e. The smallest absolute Gasteiger partial charge is 0.294 e. The molecule has 0 bridgehead atoms. The molecule has 0 saturated carbocycles. The SMILES string of the molecule is CCCCCCCCCCCCCCCC(O)(CCCCCCCC)S(=O)(=O)O. The van der Waals surface area contributed by atoms with Crippen LogP contribution in [0.15, 0.2) is 0 Å². The van der Waals surface area contributed by atoms with Crippen molar-refractivity contribution in [1.82, 2.24) is 0 Å². The van der Waals surface area contributed by atoms with Gasteiger partial charge in [-0.05, 0) is 25.7 Å². The van der Waals surface area contributed by atoms with E-state index in [1.165, 1.54) is 77.0 Å². The van der Waals surface area contributed by atoms with Gasteiger partial charge in [-0.25, -0.2) is 0 Å². The van der Waals surface area contributed by atoms with Crippen LogP contribution in [0.3, 0.4) is 0 Å². The van der Waals surface area contributed by atoms with Crippen molar-refractivity contribution in [3.63, 3.8) is 0 Å². The largest absolute Gasteiger partial charge is 0.372 e. The molecule has 29 heavy (non-hydrogen) atoms. The van der Waals surface area contributed by atoms with Gasteiger partial charge in [-0.15, -0.1) is 0 Å². The van der Waals surface area contributed by atoms with Crippen molar-refractivity contribution < 1.29 is 18.1 Å². The van der Waals surface area contributed by atoms with Gasteiger partial charge in [0.15, 0.2) is 4.93 Å². The molecule has 0 aromatic heterocycles. The molecular formula is C24H50O4S. The third-order valence-electron chi connectivity index (χ3n) is 6.07. The number of rotatable bonds is 22. The Balaban J connectivity index is 3.76. The molecule has 176 valence electrons. The van der Waals surface area contributed by atoms with Gasteiger partial charge >= 0.3 is 0 Å². The van der Waals surface area contributed by atoms with E-state index in [4.69, 9.17) is 0 Å². The van der Waals surface area contributed by atoms with E-state index < -0.39 is 15.1 Å². The van der Waals surface area contributed by atoms with Crippen LogP contribution < -0.4 is 0 Å². The molecule has 0 radical (unpaired) electrons. The molecule has 0 aliphatic rings. The molecular weight excluding hydrogens is 384 g/mol. The van der Waals surface area contributed by atoms with E-state index in [9.17, 15) is 18.1 Å². The van der Waals surface area contributed by atoms with Gasteiger partial charge in [-0.1, -0.05) is 123 Å². The fourth-order valence-corrected chi connectivity index (χ4v) is 4.79. The standard InChI is InChI=1S/C24H50O4S/c1-3-5-7-9-11-12-13-14-15-16-17-19-21-23-24(25,29(26,27)28)22-20-18-10-8-6-4-2/h25H,3-23H2,1-2H3,(H,26,27,28). The number of aliphatic hydroxyl groups is 1. The van der Waals surface area contributed by atoms with Crippen molar-refractivity contribution >= 4 is 10.1 Å². The molecule has 0 aliphatic heterocycles. The topological polar surface area (TPSA) is 74.6 Å². The first kappa shape index (κ1) is 28.9. The molecule has 0 fully saturated rings. The fourth-order valence-electron chi connectivity index (χ4n) is 3.98. The van der Waals surface area contributed by atoms with Gasteiger partial charge < -0.3 is 5.11 Å². The summed E-state index contributed by atoms with van der Waals surface area (Å²) >= 11 is 0. The van der Waals surface area contributed by atoms with Gasteiger partial charge in [0.2, 0.25) is 0 Å². The third kappa shape index (κ3) is 16.3. The highest BCUT2D eigenvalue weighted by Crippen LogP contribution is 2.28. The van der Waals surface area contributed by atoms with E-state index >= 15 is 0 Å². The summed E-state index contributed by atoms with van der Waals surface area (Å²) in [4.78, 5) is -1.95. The number of hydrogen-bond acceptors (Lipinski definition) is 3. The Kier molecular flexibility index (Phi) is 18.5. The first-order valence-electron chi connectivity index (χ1n) is 12.6. The summed E-state index contributed by atoms with van der Waals surface area (Å²) in [7, 11) is -4.42. The molecule has 2 N–H and O–H groups in total. The summed E-state index contributed by atoms with van der Waals surface area (Å²) in [6.45, 7) is 4.41.